The molecule has 0 aliphatic rings. The van der Waals surface area contributed by atoms with Crippen LogP contribution in [-0.4, -0.2) is 23.0 Å². The van der Waals surface area contributed by atoms with Crippen molar-refractivity contribution in [1.29, 1.82) is 0 Å². The first kappa shape index (κ1) is 12.4. The van der Waals surface area contributed by atoms with Gasteiger partial charge in [0.25, 0.3) is 0 Å². The average molecular weight is 197 g/mol. The number of carbonyl (C=O) groups excluding carboxylic acids is 1. The van der Waals surface area contributed by atoms with Crippen molar-refractivity contribution >= 4 is 11.9 Å². The molecule has 0 aromatic heterocycles. The van der Waals surface area contributed by atoms with Gasteiger partial charge in [-0.1, -0.05) is 25.2 Å². The van der Waals surface area contributed by atoms with Crippen LogP contribution in [0.5, 0.6) is 0 Å². The first-order chi connectivity index (χ1) is 6.61. The molecule has 0 bridgehead atoms. The number of hydrogen-bond acceptors (Lipinski definition) is 2. The van der Waals surface area contributed by atoms with Crippen molar-refractivity contribution in [2.24, 2.45) is 0 Å². The third-order valence-corrected chi connectivity index (χ3v) is 1.57. The molecule has 0 aromatic rings. The van der Waals surface area contributed by atoms with Crippen molar-refractivity contribution < 1.29 is 14.7 Å². The summed E-state index contributed by atoms with van der Waals surface area (Å²) in [4.78, 5) is 21.6. The lowest BCUT2D eigenvalue weighted by molar-refractivity contribution is -0.141. The molecule has 0 heterocycles. The number of carboxylic acids is 1. The van der Waals surface area contributed by atoms with Gasteiger partial charge in [-0.3, -0.25) is 4.79 Å². The molecule has 0 fully saturated rings. The number of carbonyl (C=O) groups is 2. The Morgan fingerprint density at radius 3 is 2.50 bits per heavy atom. The van der Waals surface area contributed by atoms with Crippen LogP contribution < -0.4 is 5.32 Å². The largest absolute Gasteiger partial charge is 0.480 e. The summed E-state index contributed by atoms with van der Waals surface area (Å²) in [6, 6.07) is -0.808. The summed E-state index contributed by atoms with van der Waals surface area (Å²) in [5, 5.41) is 11.0. The zero-order valence-electron chi connectivity index (χ0n) is 8.36. The van der Waals surface area contributed by atoms with Gasteiger partial charge in [0.05, 0.1) is 0 Å². The standard InChI is InChI=1S/C10H15NO3/c1-3-5-6-7-9(12)11-8(4-2)10(13)14/h3,5-8H,4H2,1-2H3,(H,11,12)(H,13,14)/t8-/m1/s1. The lowest BCUT2D eigenvalue weighted by Crippen LogP contribution is -2.39. The highest BCUT2D eigenvalue weighted by molar-refractivity contribution is 5.91. The van der Waals surface area contributed by atoms with Crippen molar-refractivity contribution in [2.45, 2.75) is 26.3 Å². The Balaban J connectivity index is 4.09. The summed E-state index contributed by atoms with van der Waals surface area (Å²) < 4.78 is 0. The molecule has 14 heavy (non-hydrogen) atoms. The fourth-order valence-electron chi connectivity index (χ4n) is 0.812. The van der Waals surface area contributed by atoms with Crippen LogP contribution in [0.1, 0.15) is 20.3 Å². The molecule has 0 saturated heterocycles. The van der Waals surface area contributed by atoms with Gasteiger partial charge in [0, 0.05) is 6.08 Å². The minimum absolute atomic E-state index is 0.374. The molecule has 0 rings (SSSR count). The molecule has 1 amide bonds. The number of aliphatic carboxylic acids is 1. The van der Waals surface area contributed by atoms with Gasteiger partial charge in [0.2, 0.25) is 5.91 Å². The lowest BCUT2D eigenvalue weighted by Gasteiger charge is -2.09. The van der Waals surface area contributed by atoms with Crippen LogP contribution in [0, 0.1) is 0 Å². The number of rotatable bonds is 5. The Bertz CT molecular complexity index is 256. The van der Waals surface area contributed by atoms with Crippen LogP contribution in [-0.2, 0) is 9.59 Å². The molecule has 4 nitrogen and oxygen atoms in total. The highest BCUT2D eigenvalue weighted by Gasteiger charge is 2.15. The normalized spacial score (nSPS) is 13.3. The Hall–Kier alpha value is -1.58. The molecule has 4 heteroatoms. The van der Waals surface area contributed by atoms with Crippen molar-refractivity contribution in [3.05, 3.63) is 24.3 Å². The molecule has 2 N–H and O–H groups in total. The van der Waals surface area contributed by atoms with Gasteiger partial charge in [-0.2, -0.15) is 0 Å². The summed E-state index contributed by atoms with van der Waals surface area (Å²) in [6.45, 7) is 3.53. The first-order valence-corrected chi connectivity index (χ1v) is 4.44. The van der Waals surface area contributed by atoms with E-state index in [1.807, 2.05) is 6.92 Å². The highest BCUT2D eigenvalue weighted by Crippen LogP contribution is 1.91. The van der Waals surface area contributed by atoms with Gasteiger partial charge in [-0.05, 0) is 13.3 Å². The van der Waals surface area contributed by atoms with E-state index in [1.165, 1.54) is 6.08 Å². The molecular formula is C10H15NO3. The summed E-state index contributed by atoms with van der Waals surface area (Å²) in [7, 11) is 0. The maximum Gasteiger partial charge on any atom is 0.326 e. The molecule has 0 aliphatic carbocycles. The second-order valence-corrected chi connectivity index (χ2v) is 2.69. The molecule has 1 atom stereocenters. The fraction of sp³-hybridized carbons (Fsp3) is 0.400. The van der Waals surface area contributed by atoms with Crippen LogP contribution in [0.15, 0.2) is 24.3 Å². The molecule has 0 aliphatic heterocycles. The Kier molecular flexibility index (Phi) is 6.11. The summed E-state index contributed by atoms with van der Waals surface area (Å²) in [5.74, 6) is -1.40. The van der Waals surface area contributed by atoms with Gasteiger partial charge in [-0.15, -0.1) is 0 Å². The topological polar surface area (TPSA) is 66.4 Å². The van der Waals surface area contributed by atoms with E-state index < -0.39 is 17.9 Å². The third kappa shape index (κ3) is 5.13. The Morgan fingerprint density at radius 1 is 1.43 bits per heavy atom. The molecule has 0 unspecified atom stereocenters. The zero-order chi connectivity index (χ0) is 11.0. The van der Waals surface area contributed by atoms with Gasteiger partial charge in [0.15, 0.2) is 0 Å². The van der Waals surface area contributed by atoms with Gasteiger partial charge < -0.3 is 10.4 Å². The number of nitrogens with one attached hydrogen (secondary N) is 1. The first-order valence-electron chi connectivity index (χ1n) is 4.44. The second-order valence-electron chi connectivity index (χ2n) is 2.69. The van der Waals surface area contributed by atoms with Gasteiger partial charge in [-0.25, -0.2) is 4.79 Å². The lowest BCUT2D eigenvalue weighted by atomic mass is 10.2. The number of hydrogen-bond donors (Lipinski definition) is 2. The minimum Gasteiger partial charge on any atom is -0.480 e. The van der Waals surface area contributed by atoms with E-state index in [9.17, 15) is 9.59 Å². The van der Waals surface area contributed by atoms with E-state index >= 15 is 0 Å². The molecular weight excluding hydrogens is 182 g/mol. The zero-order valence-corrected chi connectivity index (χ0v) is 8.36. The van der Waals surface area contributed by atoms with Crippen molar-refractivity contribution in [3.63, 3.8) is 0 Å². The summed E-state index contributed by atoms with van der Waals surface area (Å²) in [6.07, 6.45) is 6.70. The minimum atomic E-state index is -1.01. The maximum absolute atomic E-state index is 11.1. The highest BCUT2D eigenvalue weighted by atomic mass is 16.4. The number of allylic oxidation sites excluding steroid dienone is 3. The maximum atomic E-state index is 11.1. The van der Waals surface area contributed by atoms with E-state index in [1.54, 1.807) is 25.2 Å². The van der Waals surface area contributed by atoms with Crippen LogP contribution in [0.4, 0.5) is 0 Å². The van der Waals surface area contributed by atoms with Crippen LogP contribution in [0.2, 0.25) is 0 Å². The van der Waals surface area contributed by atoms with E-state index in [0.29, 0.717) is 6.42 Å². The monoisotopic (exact) mass is 197 g/mol. The van der Waals surface area contributed by atoms with Gasteiger partial charge >= 0.3 is 5.97 Å². The Morgan fingerprint density at radius 2 is 2.07 bits per heavy atom. The predicted octanol–water partition coefficient (Wildman–Crippen LogP) is 1.10. The summed E-state index contributed by atoms with van der Waals surface area (Å²) in [5.41, 5.74) is 0. The van der Waals surface area contributed by atoms with E-state index in [-0.39, 0.29) is 0 Å². The summed E-state index contributed by atoms with van der Waals surface area (Å²) >= 11 is 0. The third-order valence-electron chi connectivity index (χ3n) is 1.57. The van der Waals surface area contributed by atoms with Crippen molar-refractivity contribution in [1.82, 2.24) is 5.32 Å². The van der Waals surface area contributed by atoms with Gasteiger partial charge in [0.1, 0.15) is 6.04 Å². The van der Waals surface area contributed by atoms with E-state index in [4.69, 9.17) is 5.11 Å². The number of carboxylic acid groups (broad SMARTS) is 1. The van der Waals surface area contributed by atoms with Crippen LogP contribution in [0.25, 0.3) is 0 Å². The predicted molar refractivity (Wildman–Crippen MR) is 53.8 cm³/mol. The van der Waals surface area contributed by atoms with E-state index in [2.05, 4.69) is 5.32 Å². The molecule has 0 saturated carbocycles. The van der Waals surface area contributed by atoms with Crippen molar-refractivity contribution in [3.8, 4) is 0 Å². The molecule has 78 valence electrons. The second kappa shape index (κ2) is 6.88. The smallest absolute Gasteiger partial charge is 0.326 e. The molecule has 0 radical (unpaired) electrons. The quantitative estimate of drug-likeness (QED) is 0.512. The Labute approximate surface area is 83.3 Å². The van der Waals surface area contributed by atoms with Crippen molar-refractivity contribution in [2.75, 3.05) is 0 Å². The molecule has 0 aromatic carbocycles. The SMILES string of the molecule is CC=CC=CC(=O)N[C@H](CC)C(=O)O. The fourth-order valence-corrected chi connectivity index (χ4v) is 0.812. The average Bonchev–Trinajstić information content (AvgIpc) is 2.14. The number of amides is 1. The van der Waals surface area contributed by atoms with Crippen LogP contribution >= 0.6 is 0 Å². The van der Waals surface area contributed by atoms with E-state index in [0.717, 1.165) is 0 Å². The van der Waals surface area contributed by atoms with Crippen LogP contribution in [0.3, 0.4) is 0 Å². The molecule has 0 spiro atoms.